The van der Waals surface area contributed by atoms with Gasteiger partial charge in [-0.15, -0.1) is 0 Å². The molecule has 0 aliphatic heterocycles. The largest absolute Gasteiger partial charge is 0.618 e. The van der Waals surface area contributed by atoms with Crippen molar-refractivity contribution in [3.8, 4) is 5.75 Å². The molecule has 4 heteroatoms. The van der Waals surface area contributed by atoms with Crippen molar-refractivity contribution in [1.82, 2.24) is 0 Å². The van der Waals surface area contributed by atoms with Gasteiger partial charge in [-0.3, -0.25) is 0 Å². The number of rotatable bonds is 4. The molecule has 0 radical (unpaired) electrons. The van der Waals surface area contributed by atoms with Crippen molar-refractivity contribution in [2.45, 2.75) is 52.9 Å². The predicted octanol–water partition coefficient (Wildman–Crippen LogP) is 3.41. The predicted molar refractivity (Wildman–Crippen MR) is 87.7 cm³/mol. The summed E-state index contributed by atoms with van der Waals surface area (Å²) in [5.41, 5.74) is 3.38. The van der Waals surface area contributed by atoms with Gasteiger partial charge in [-0.1, -0.05) is 27.7 Å². The molecule has 2 rings (SSSR count). The number of methoxy groups -OCH3 is 1. The highest BCUT2D eigenvalue weighted by Gasteiger charge is 2.33. The van der Waals surface area contributed by atoms with E-state index in [1.54, 1.807) is 7.11 Å². The average molecular weight is 305 g/mol. The number of ether oxygens (including phenoxy) is 1. The van der Waals surface area contributed by atoms with Crippen molar-refractivity contribution in [3.63, 3.8) is 0 Å². The van der Waals surface area contributed by atoms with Crippen LogP contribution in [0.5, 0.6) is 5.75 Å². The summed E-state index contributed by atoms with van der Waals surface area (Å²) in [6.07, 6.45) is 2.61. The Bertz CT molecular complexity index is 588. The molecule has 0 bridgehead atoms. The Morgan fingerprint density at radius 1 is 1.36 bits per heavy atom. The van der Waals surface area contributed by atoms with Crippen LogP contribution >= 0.6 is 0 Å². The number of aromatic nitrogens is 1. The Hall–Kier alpha value is -1.55. The fourth-order valence-corrected chi connectivity index (χ4v) is 3.25. The zero-order valence-corrected chi connectivity index (χ0v) is 14.3. The van der Waals surface area contributed by atoms with E-state index in [1.807, 2.05) is 26.0 Å². The quantitative estimate of drug-likeness (QED) is 0.685. The molecule has 0 aromatic carbocycles. The van der Waals surface area contributed by atoms with Gasteiger partial charge in [-0.05, 0) is 36.3 Å². The summed E-state index contributed by atoms with van der Waals surface area (Å²) in [5.74, 6) is 0.723. The van der Waals surface area contributed by atoms with E-state index >= 15 is 0 Å². The Kier molecular flexibility index (Phi) is 4.81. The first-order valence-corrected chi connectivity index (χ1v) is 7.93. The molecule has 0 atom stereocenters. The summed E-state index contributed by atoms with van der Waals surface area (Å²) in [6.45, 7) is 8.41. The maximum atomic E-state index is 12.8. The topological polar surface area (TPSA) is 56.4 Å². The van der Waals surface area contributed by atoms with Gasteiger partial charge in [0.1, 0.15) is 0 Å². The van der Waals surface area contributed by atoms with Crippen LogP contribution in [0.3, 0.4) is 0 Å². The lowest BCUT2D eigenvalue weighted by Crippen LogP contribution is -2.38. The number of nitrogens with zero attached hydrogens (tertiary/aromatic N) is 1. The van der Waals surface area contributed by atoms with Gasteiger partial charge in [0.05, 0.1) is 13.7 Å². The molecule has 1 aromatic rings. The minimum Gasteiger partial charge on any atom is -0.618 e. The van der Waals surface area contributed by atoms with Crippen LogP contribution in [0.25, 0.3) is 5.57 Å². The molecule has 0 spiro atoms. The number of aliphatic hydroxyl groups is 1. The second kappa shape index (κ2) is 6.29. The van der Waals surface area contributed by atoms with Gasteiger partial charge in [0.15, 0.2) is 11.4 Å². The van der Waals surface area contributed by atoms with Crippen molar-refractivity contribution in [2.75, 3.05) is 13.7 Å². The monoisotopic (exact) mass is 305 g/mol. The lowest BCUT2D eigenvalue weighted by Gasteiger charge is -2.32. The minimum absolute atomic E-state index is 0.00613. The number of pyridine rings is 1. The Balaban J connectivity index is 2.64. The molecule has 4 nitrogen and oxygen atoms in total. The van der Waals surface area contributed by atoms with Crippen LogP contribution in [0.4, 0.5) is 0 Å². The molecular weight excluding hydrogens is 278 g/mol. The molecule has 122 valence electrons. The van der Waals surface area contributed by atoms with E-state index in [0.717, 1.165) is 40.8 Å². The number of aliphatic hydroxyl groups excluding tert-OH is 1. The SMILES string of the molecule is COc1ccc(C(C)C)[n+]([O-])c1C1=C(CO)CC(C)(C)CC1. The molecule has 0 saturated heterocycles. The van der Waals surface area contributed by atoms with Crippen LogP contribution in [0.2, 0.25) is 0 Å². The maximum Gasteiger partial charge on any atom is 0.262 e. The van der Waals surface area contributed by atoms with Crippen molar-refractivity contribution in [2.24, 2.45) is 5.41 Å². The first-order valence-electron chi connectivity index (χ1n) is 7.93. The van der Waals surface area contributed by atoms with Gasteiger partial charge >= 0.3 is 0 Å². The summed E-state index contributed by atoms with van der Waals surface area (Å²) in [6, 6.07) is 3.69. The fraction of sp³-hybridized carbons (Fsp3) is 0.611. The normalized spacial score (nSPS) is 18.0. The molecule has 0 unspecified atom stereocenters. The van der Waals surface area contributed by atoms with E-state index in [4.69, 9.17) is 4.74 Å². The van der Waals surface area contributed by atoms with Crippen LogP contribution in [0, 0.1) is 10.6 Å². The van der Waals surface area contributed by atoms with Crippen molar-refractivity contribution >= 4 is 5.57 Å². The third kappa shape index (κ3) is 3.12. The van der Waals surface area contributed by atoms with Crippen LogP contribution in [-0.2, 0) is 0 Å². The first kappa shape index (κ1) is 16.8. The smallest absolute Gasteiger partial charge is 0.262 e. The number of hydrogen-bond acceptors (Lipinski definition) is 3. The average Bonchev–Trinajstić information content (AvgIpc) is 2.46. The highest BCUT2D eigenvalue weighted by molar-refractivity contribution is 5.70. The minimum atomic E-state index is -0.00613. The molecule has 0 saturated carbocycles. The summed E-state index contributed by atoms with van der Waals surface area (Å²) in [7, 11) is 1.58. The van der Waals surface area contributed by atoms with Gasteiger partial charge in [0.25, 0.3) is 5.69 Å². The van der Waals surface area contributed by atoms with Crippen LogP contribution in [0.15, 0.2) is 17.7 Å². The third-order valence-corrected chi connectivity index (χ3v) is 4.54. The van der Waals surface area contributed by atoms with E-state index in [0.29, 0.717) is 11.4 Å². The second-order valence-electron chi connectivity index (χ2n) is 7.21. The van der Waals surface area contributed by atoms with Crippen LogP contribution in [0.1, 0.15) is 64.3 Å². The summed E-state index contributed by atoms with van der Waals surface area (Å²) >= 11 is 0. The first-order chi connectivity index (χ1) is 10.3. The van der Waals surface area contributed by atoms with Gasteiger partial charge < -0.3 is 15.1 Å². The van der Waals surface area contributed by atoms with E-state index in [9.17, 15) is 10.3 Å². The third-order valence-electron chi connectivity index (χ3n) is 4.54. The Labute approximate surface area is 133 Å². The second-order valence-corrected chi connectivity index (χ2v) is 7.21. The van der Waals surface area contributed by atoms with E-state index in [2.05, 4.69) is 13.8 Å². The molecule has 0 amide bonds. The Morgan fingerprint density at radius 2 is 2.05 bits per heavy atom. The molecule has 1 aromatic heterocycles. The van der Waals surface area contributed by atoms with Crippen molar-refractivity contribution in [1.29, 1.82) is 0 Å². The van der Waals surface area contributed by atoms with Gasteiger partial charge in [-0.2, -0.15) is 4.73 Å². The maximum absolute atomic E-state index is 12.8. The van der Waals surface area contributed by atoms with Crippen LogP contribution < -0.4 is 9.47 Å². The van der Waals surface area contributed by atoms with Crippen molar-refractivity contribution in [3.05, 3.63) is 34.3 Å². The summed E-state index contributed by atoms with van der Waals surface area (Å²) in [4.78, 5) is 0. The molecule has 1 N–H and O–H groups in total. The molecule has 22 heavy (non-hydrogen) atoms. The standard InChI is InChI=1S/C18H27NO3/c1-12(2)15-6-7-16(22-5)17(19(15)21)14-8-9-18(3,4)10-13(14)11-20/h6-7,12,20H,8-11H2,1-5H3. The summed E-state index contributed by atoms with van der Waals surface area (Å²) < 4.78 is 6.42. The zero-order chi connectivity index (χ0) is 16.5. The molecule has 1 heterocycles. The highest BCUT2D eigenvalue weighted by Crippen LogP contribution is 2.43. The van der Waals surface area contributed by atoms with Crippen molar-refractivity contribution < 1.29 is 14.6 Å². The number of hydrogen-bond donors (Lipinski definition) is 1. The van der Waals surface area contributed by atoms with E-state index < -0.39 is 0 Å². The highest BCUT2D eigenvalue weighted by atomic mass is 16.5. The van der Waals surface area contributed by atoms with E-state index in [-0.39, 0.29) is 17.9 Å². The lowest BCUT2D eigenvalue weighted by molar-refractivity contribution is -0.618. The van der Waals surface area contributed by atoms with Crippen LogP contribution in [-0.4, -0.2) is 18.8 Å². The number of allylic oxidation sites excluding steroid dienone is 1. The van der Waals surface area contributed by atoms with Gasteiger partial charge in [-0.25, -0.2) is 0 Å². The zero-order valence-electron chi connectivity index (χ0n) is 14.3. The molecule has 1 aliphatic carbocycles. The van der Waals surface area contributed by atoms with Gasteiger partial charge in [0, 0.05) is 17.6 Å². The molecule has 0 fully saturated rings. The Morgan fingerprint density at radius 3 is 2.59 bits per heavy atom. The fourth-order valence-electron chi connectivity index (χ4n) is 3.25. The molecule has 1 aliphatic rings. The van der Waals surface area contributed by atoms with E-state index in [1.165, 1.54) is 0 Å². The molecular formula is C18H27NO3. The van der Waals surface area contributed by atoms with Gasteiger partial charge in [0.2, 0.25) is 0 Å². The lowest BCUT2D eigenvalue weighted by atomic mass is 9.73. The summed E-state index contributed by atoms with van der Waals surface area (Å²) in [5, 5.41) is 22.6.